The second-order valence-corrected chi connectivity index (χ2v) is 7.13. The second-order valence-electron chi connectivity index (χ2n) is 7.13. The van der Waals surface area contributed by atoms with Gasteiger partial charge in [-0.25, -0.2) is 4.39 Å². The van der Waals surface area contributed by atoms with Gasteiger partial charge in [0.2, 0.25) is 0 Å². The van der Waals surface area contributed by atoms with Gasteiger partial charge in [0.1, 0.15) is 17.9 Å². The van der Waals surface area contributed by atoms with Crippen LogP contribution < -0.4 is 10.7 Å². The van der Waals surface area contributed by atoms with Crippen LogP contribution in [0.25, 0.3) is 6.08 Å². The normalized spacial score (nSPS) is 18.9. The molecule has 2 aliphatic rings. The van der Waals surface area contributed by atoms with E-state index in [0.717, 1.165) is 39.0 Å². The van der Waals surface area contributed by atoms with Crippen molar-refractivity contribution in [1.29, 1.82) is 0 Å². The van der Waals surface area contributed by atoms with E-state index in [9.17, 15) is 9.18 Å². The Morgan fingerprint density at radius 2 is 1.92 bits per heavy atom. The van der Waals surface area contributed by atoms with Gasteiger partial charge in [-0.05, 0) is 43.1 Å². The number of benzene rings is 1. The van der Waals surface area contributed by atoms with E-state index in [1.165, 1.54) is 29.5 Å². The van der Waals surface area contributed by atoms with Crippen molar-refractivity contribution in [1.82, 2.24) is 10.2 Å². The maximum Gasteiger partial charge on any atom is 0.192 e. The Morgan fingerprint density at radius 3 is 2.58 bits per heavy atom. The van der Waals surface area contributed by atoms with Crippen molar-refractivity contribution >= 4 is 6.08 Å². The molecule has 1 saturated heterocycles. The third-order valence-corrected chi connectivity index (χ3v) is 5.22. The summed E-state index contributed by atoms with van der Waals surface area (Å²) in [6, 6.07) is 9.83. The highest BCUT2D eigenvalue weighted by Crippen LogP contribution is 2.25. The van der Waals surface area contributed by atoms with Gasteiger partial charge < -0.3 is 9.73 Å². The summed E-state index contributed by atoms with van der Waals surface area (Å²) in [5.74, 6) is 0.294. The largest absolute Gasteiger partial charge is 0.467 e. The van der Waals surface area contributed by atoms with Crippen LogP contribution in [0.1, 0.15) is 35.3 Å². The highest BCUT2D eigenvalue weighted by Gasteiger charge is 2.20. The van der Waals surface area contributed by atoms with E-state index in [-0.39, 0.29) is 22.7 Å². The van der Waals surface area contributed by atoms with E-state index in [0.29, 0.717) is 12.3 Å². The molecular weight excluding hydrogens is 331 g/mol. The van der Waals surface area contributed by atoms with Gasteiger partial charge in [-0.15, -0.1) is 0 Å². The summed E-state index contributed by atoms with van der Waals surface area (Å²) >= 11 is 0. The topological polar surface area (TPSA) is 45.5 Å². The Hall–Kier alpha value is -2.24. The number of nitrogens with one attached hydrogen (secondary N) is 1. The fraction of sp³-hybridized carbons (Fsp3) is 0.381. The molecule has 5 heteroatoms. The predicted molar refractivity (Wildman–Crippen MR) is 99.0 cm³/mol. The van der Waals surface area contributed by atoms with Gasteiger partial charge in [0.25, 0.3) is 0 Å². The molecule has 0 aliphatic carbocycles. The molecule has 1 aromatic heterocycles. The van der Waals surface area contributed by atoms with Gasteiger partial charge in [0.05, 0.1) is 12.1 Å². The Kier molecular flexibility index (Phi) is 5.00. The van der Waals surface area contributed by atoms with Crippen LogP contribution in [-0.4, -0.2) is 18.0 Å². The van der Waals surface area contributed by atoms with E-state index < -0.39 is 0 Å². The van der Waals surface area contributed by atoms with Gasteiger partial charge >= 0.3 is 0 Å². The van der Waals surface area contributed by atoms with Crippen molar-refractivity contribution in [3.05, 3.63) is 75.1 Å². The lowest BCUT2D eigenvalue weighted by molar-refractivity contribution is 0.248. The minimum absolute atomic E-state index is 0.0987. The molecule has 0 atom stereocenters. The molecule has 1 N–H and O–H groups in total. The van der Waals surface area contributed by atoms with Crippen LogP contribution in [-0.2, 0) is 19.6 Å². The SMILES string of the molecule is O=c1cc(CN2Cc3ccccc3C2)occ1/C=C(\F)C1CCNCC1. The third-order valence-electron chi connectivity index (χ3n) is 5.22. The van der Waals surface area contributed by atoms with E-state index in [1.54, 1.807) is 0 Å². The average molecular weight is 354 g/mol. The third kappa shape index (κ3) is 3.79. The first-order valence-corrected chi connectivity index (χ1v) is 9.18. The summed E-state index contributed by atoms with van der Waals surface area (Å²) in [6.07, 6.45) is 4.27. The summed E-state index contributed by atoms with van der Waals surface area (Å²) in [5, 5.41) is 3.21. The standard InChI is InChI=1S/C21H23FN2O2/c22-20(15-5-7-23-8-6-15)9-18-14-26-19(10-21(18)25)13-24-11-16-3-1-2-4-17(16)12-24/h1-4,9-10,14-15,23H,5-8,11-13H2/b20-9-. The smallest absolute Gasteiger partial charge is 0.192 e. The molecule has 1 fully saturated rings. The van der Waals surface area contributed by atoms with Crippen LogP contribution in [0.3, 0.4) is 0 Å². The molecule has 0 amide bonds. The van der Waals surface area contributed by atoms with Gasteiger partial charge in [-0.3, -0.25) is 9.69 Å². The van der Waals surface area contributed by atoms with Crippen molar-refractivity contribution in [3.8, 4) is 0 Å². The second kappa shape index (κ2) is 7.56. The molecule has 0 bridgehead atoms. The first-order valence-electron chi connectivity index (χ1n) is 9.18. The monoisotopic (exact) mass is 354 g/mol. The summed E-state index contributed by atoms with van der Waals surface area (Å²) in [7, 11) is 0. The lowest BCUT2D eigenvalue weighted by Gasteiger charge is -2.20. The number of allylic oxidation sites excluding steroid dienone is 1. The highest BCUT2D eigenvalue weighted by atomic mass is 19.1. The number of hydrogen-bond acceptors (Lipinski definition) is 4. The Labute approximate surface area is 152 Å². The van der Waals surface area contributed by atoms with Crippen molar-refractivity contribution in [3.63, 3.8) is 0 Å². The lowest BCUT2D eigenvalue weighted by atomic mass is 9.96. The van der Waals surface area contributed by atoms with Crippen molar-refractivity contribution < 1.29 is 8.81 Å². The van der Waals surface area contributed by atoms with Gasteiger partial charge in [0.15, 0.2) is 5.43 Å². The zero-order valence-corrected chi connectivity index (χ0v) is 14.7. The molecule has 0 radical (unpaired) electrons. The van der Waals surface area contributed by atoms with Crippen LogP contribution in [0, 0.1) is 5.92 Å². The van der Waals surface area contributed by atoms with E-state index >= 15 is 0 Å². The molecule has 4 rings (SSSR count). The van der Waals surface area contributed by atoms with Crippen molar-refractivity contribution in [2.45, 2.75) is 32.5 Å². The van der Waals surface area contributed by atoms with Gasteiger partial charge in [0, 0.05) is 25.1 Å². The van der Waals surface area contributed by atoms with Crippen LogP contribution in [0.4, 0.5) is 4.39 Å². The Bertz CT molecular complexity index is 843. The molecule has 1 aromatic carbocycles. The summed E-state index contributed by atoms with van der Waals surface area (Å²) in [5.41, 5.74) is 2.73. The molecule has 3 heterocycles. The van der Waals surface area contributed by atoms with Crippen molar-refractivity contribution in [2.75, 3.05) is 13.1 Å². The number of hydrogen-bond donors (Lipinski definition) is 1. The molecule has 26 heavy (non-hydrogen) atoms. The fourth-order valence-corrected chi connectivity index (χ4v) is 3.75. The molecule has 0 unspecified atom stereocenters. The molecule has 4 nitrogen and oxygen atoms in total. The molecular formula is C21H23FN2O2. The minimum Gasteiger partial charge on any atom is -0.467 e. The minimum atomic E-state index is -0.221. The van der Waals surface area contributed by atoms with Gasteiger partial charge in [-0.1, -0.05) is 24.3 Å². The number of halogens is 1. The molecule has 136 valence electrons. The predicted octanol–water partition coefficient (Wildman–Crippen LogP) is 3.47. The molecule has 0 spiro atoms. The summed E-state index contributed by atoms with van der Waals surface area (Å²) in [4.78, 5) is 14.6. The fourth-order valence-electron chi connectivity index (χ4n) is 3.75. The molecule has 2 aromatic rings. The number of rotatable bonds is 4. The van der Waals surface area contributed by atoms with E-state index in [1.807, 2.05) is 12.1 Å². The first-order chi connectivity index (χ1) is 12.7. The van der Waals surface area contributed by atoms with Crippen LogP contribution in [0.2, 0.25) is 0 Å². The maximum absolute atomic E-state index is 14.4. The summed E-state index contributed by atoms with van der Waals surface area (Å²) < 4.78 is 20.0. The quantitative estimate of drug-likeness (QED) is 0.913. The van der Waals surface area contributed by atoms with Crippen molar-refractivity contribution in [2.24, 2.45) is 5.92 Å². The Balaban J connectivity index is 1.44. The first kappa shape index (κ1) is 17.2. The Morgan fingerprint density at radius 1 is 1.23 bits per heavy atom. The lowest BCUT2D eigenvalue weighted by Crippen LogP contribution is -2.28. The average Bonchev–Trinajstić information content (AvgIpc) is 3.07. The maximum atomic E-state index is 14.4. The van der Waals surface area contributed by atoms with Crippen LogP contribution in [0.5, 0.6) is 0 Å². The zero-order chi connectivity index (χ0) is 17.9. The number of fused-ring (bicyclic) bond motifs is 1. The van der Waals surface area contributed by atoms with Gasteiger partial charge in [-0.2, -0.15) is 0 Å². The van der Waals surface area contributed by atoms with Crippen LogP contribution in [0.15, 0.2) is 51.6 Å². The highest BCUT2D eigenvalue weighted by molar-refractivity contribution is 5.50. The number of piperidine rings is 1. The molecule has 2 aliphatic heterocycles. The van der Waals surface area contributed by atoms with E-state index in [4.69, 9.17) is 4.42 Å². The van der Waals surface area contributed by atoms with E-state index in [2.05, 4.69) is 22.3 Å². The zero-order valence-electron chi connectivity index (χ0n) is 14.7. The number of nitrogens with zero attached hydrogens (tertiary/aromatic N) is 1. The summed E-state index contributed by atoms with van der Waals surface area (Å²) in [6.45, 7) is 3.91. The van der Waals surface area contributed by atoms with Crippen LogP contribution >= 0.6 is 0 Å². The molecule has 0 saturated carbocycles.